The molecule has 0 fully saturated rings. The number of hydrogen-bond donors (Lipinski definition) is 0. The number of ether oxygens (including phenoxy) is 2. The second-order valence-corrected chi connectivity index (χ2v) is 5.60. The minimum atomic E-state index is -0.0918. The van der Waals surface area contributed by atoms with Gasteiger partial charge in [0, 0.05) is 7.05 Å². The molecule has 1 aromatic heterocycles. The summed E-state index contributed by atoms with van der Waals surface area (Å²) < 4.78 is 13.5. The largest absolute Gasteiger partial charge is 0.486 e. The lowest BCUT2D eigenvalue weighted by Crippen LogP contribution is -2.40. The van der Waals surface area contributed by atoms with Gasteiger partial charge < -0.3 is 14.4 Å². The van der Waals surface area contributed by atoms with Crippen molar-refractivity contribution in [3.05, 3.63) is 54.6 Å². The summed E-state index contributed by atoms with van der Waals surface area (Å²) in [5.74, 6) is 2.21. The quantitative estimate of drug-likeness (QED) is 0.731. The van der Waals surface area contributed by atoms with E-state index in [1.165, 1.54) is 0 Å². The van der Waals surface area contributed by atoms with E-state index < -0.39 is 0 Å². The summed E-state index contributed by atoms with van der Waals surface area (Å²) in [6, 6.07) is 17.5. The number of nitrogens with zero attached hydrogens (tertiary/aromatic N) is 5. The lowest BCUT2D eigenvalue weighted by molar-refractivity contribution is 0.0958. The van der Waals surface area contributed by atoms with Crippen molar-refractivity contribution in [3.63, 3.8) is 0 Å². The molecule has 1 aliphatic rings. The van der Waals surface area contributed by atoms with E-state index in [0.717, 1.165) is 17.2 Å². The molecule has 1 unspecified atom stereocenters. The number of anilines is 1. The predicted molar refractivity (Wildman–Crippen MR) is 88.8 cm³/mol. The Bertz CT molecular complexity index is 821. The monoisotopic (exact) mass is 323 g/mol. The summed E-state index contributed by atoms with van der Waals surface area (Å²) >= 11 is 0. The Hall–Kier alpha value is -3.09. The maximum absolute atomic E-state index is 6.00. The van der Waals surface area contributed by atoms with Gasteiger partial charge in [-0.2, -0.15) is 4.68 Å². The van der Waals surface area contributed by atoms with Crippen molar-refractivity contribution in [2.24, 2.45) is 0 Å². The van der Waals surface area contributed by atoms with Crippen LogP contribution in [-0.2, 0) is 0 Å². The van der Waals surface area contributed by atoms with Crippen LogP contribution < -0.4 is 14.4 Å². The van der Waals surface area contributed by atoms with Crippen molar-refractivity contribution in [2.45, 2.75) is 6.10 Å². The Balaban J connectivity index is 1.50. The third-order valence-electron chi connectivity index (χ3n) is 3.84. The minimum Gasteiger partial charge on any atom is -0.486 e. The smallest absolute Gasteiger partial charge is 0.250 e. The van der Waals surface area contributed by atoms with E-state index in [4.69, 9.17) is 9.47 Å². The van der Waals surface area contributed by atoms with Gasteiger partial charge in [0.1, 0.15) is 6.61 Å². The Morgan fingerprint density at radius 2 is 1.83 bits per heavy atom. The Kier molecular flexibility index (Phi) is 3.74. The van der Waals surface area contributed by atoms with Gasteiger partial charge in [0.2, 0.25) is 5.95 Å². The topological polar surface area (TPSA) is 65.3 Å². The van der Waals surface area contributed by atoms with Gasteiger partial charge in [0.15, 0.2) is 17.6 Å². The van der Waals surface area contributed by atoms with E-state index in [1.54, 1.807) is 4.68 Å². The first kappa shape index (κ1) is 14.5. The number of fused-ring (bicyclic) bond motifs is 1. The molecule has 0 aliphatic carbocycles. The zero-order chi connectivity index (χ0) is 16.4. The lowest BCUT2D eigenvalue weighted by atomic mass is 10.2. The number of aromatic nitrogens is 4. The molecule has 0 radical (unpaired) electrons. The van der Waals surface area contributed by atoms with Crippen molar-refractivity contribution < 1.29 is 9.47 Å². The standard InChI is InChI=1S/C17H17N5O2/c1-21(11-14-12-23-15-9-5-6-10-16(15)24-14)17-18-19-20-22(17)13-7-3-2-4-8-13/h2-10,14H,11-12H2,1H3. The minimum absolute atomic E-state index is 0.0918. The molecule has 0 saturated heterocycles. The maximum atomic E-state index is 6.00. The molecule has 2 heterocycles. The summed E-state index contributed by atoms with van der Waals surface area (Å²) in [6.07, 6.45) is -0.0918. The first-order valence-electron chi connectivity index (χ1n) is 7.75. The number of benzene rings is 2. The molecule has 0 bridgehead atoms. The first-order chi connectivity index (χ1) is 11.8. The Labute approximate surface area is 139 Å². The average molecular weight is 323 g/mol. The van der Waals surface area contributed by atoms with Crippen LogP contribution in [0.1, 0.15) is 0 Å². The number of tetrazole rings is 1. The molecule has 1 aliphatic heterocycles. The van der Waals surface area contributed by atoms with E-state index in [0.29, 0.717) is 19.1 Å². The van der Waals surface area contributed by atoms with Crippen LogP contribution in [0.25, 0.3) is 5.69 Å². The Morgan fingerprint density at radius 1 is 1.08 bits per heavy atom. The summed E-state index contributed by atoms with van der Waals surface area (Å²) in [4.78, 5) is 1.97. The van der Waals surface area contributed by atoms with Gasteiger partial charge in [-0.3, -0.25) is 0 Å². The van der Waals surface area contributed by atoms with E-state index in [9.17, 15) is 0 Å². The molecule has 4 rings (SSSR count). The van der Waals surface area contributed by atoms with Crippen LogP contribution in [0.3, 0.4) is 0 Å². The molecule has 24 heavy (non-hydrogen) atoms. The van der Waals surface area contributed by atoms with E-state index in [-0.39, 0.29) is 6.10 Å². The predicted octanol–water partition coefficient (Wildman–Crippen LogP) is 1.94. The van der Waals surface area contributed by atoms with Crippen LogP contribution in [-0.4, -0.2) is 46.5 Å². The molecule has 7 heteroatoms. The van der Waals surface area contributed by atoms with Crippen LogP contribution >= 0.6 is 0 Å². The molecule has 2 aromatic carbocycles. The summed E-state index contributed by atoms with van der Waals surface area (Å²) in [5, 5.41) is 12.0. The molecule has 0 saturated carbocycles. The number of rotatable bonds is 4. The fraction of sp³-hybridized carbons (Fsp3) is 0.235. The van der Waals surface area contributed by atoms with Crippen LogP contribution in [0.2, 0.25) is 0 Å². The van der Waals surface area contributed by atoms with E-state index in [2.05, 4.69) is 15.5 Å². The van der Waals surface area contributed by atoms with Crippen molar-refractivity contribution >= 4 is 5.95 Å². The van der Waals surface area contributed by atoms with Crippen LogP contribution in [0.5, 0.6) is 11.5 Å². The fourth-order valence-corrected chi connectivity index (χ4v) is 2.70. The molecule has 0 N–H and O–H groups in total. The van der Waals surface area contributed by atoms with Gasteiger partial charge >= 0.3 is 0 Å². The van der Waals surface area contributed by atoms with Gasteiger partial charge in [-0.1, -0.05) is 35.4 Å². The third-order valence-corrected chi connectivity index (χ3v) is 3.84. The highest BCUT2D eigenvalue weighted by molar-refractivity contribution is 5.42. The van der Waals surface area contributed by atoms with Crippen LogP contribution in [0.4, 0.5) is 5.95 Å². The second-order valence-electron chi connectivity index (χ2n) is 5.60. The summed E-state index contributed by atoms with van der Waals surface area (Å²) in [6.45, 7) is 1.11. The highest BCUT2D eigenvalue weighted by atomic mass is 16.6. The number of likely N-dealkylation sites (N-methyl/N-ethyl adjacent to an activating group) is 1. The summed E-state index contributed by atoms with van der Waals surface area (Å²) in [7, 11) is 1.94. The van der Waals surface area contributed by atoms with Crippen molar-refractivity contribution in [1.29, 1.82) is 0 Å². The van der Waals surface area contributed by atoms with Crippen LogP contribution in [0, 0.1) is 0 Å². The van der Waals surface area contributed by atoms with Crippen molar-refractivity contribution in [1.82, 2.24) is 20.2 Å². The van der Waals surface area contributed by atoms with Crippen molar-refractivity contribution in [3.8, 4) is 17.2 Å². The molecule has 122 valence electrons. The molecule has 1 atom stereocenters. The molecule has 0 spiro atoms. The fourth-order valence-electron chi connectivity index (χ4n) is 2.70. The highest BCUT2D eigenvalue weighted by Gasteiger charge is 2.24. The molecular weight excluding hydrogens is 306 g/mol. The molecule has 0 amide bonds. The highest BCUT2D eigenvalue weighted by Crippen LogP contribution is 2.31. The second kappa shape index (κ2) is 6.19. The average Bonchev–Trinajstić information content (AvgIpc) is 3.12. The molecule has 7 nitrogen and oxygen atoms in total. The molecular formula is C17H17N5O2. The SMILES string of the molecule is CN(CC1COc2ccccc2O1)c1nnnn1-c1ccccc1. The zero-order valence-corrected chi connectivity index (χ0v) is 13.2. The number of hydrogen-bond acceptors (Lipinski definition) is 6. The van der Waals surface area contributed by atoms with E-state index in [1.807, 2.05) is 66.5 Å². The van der Waals surface area contributed by atoms with E-state index >= 15 is 0 Å². The summed E-state index contributed by atoms with van der Waals surface area (Å²) in [5.41, 5.74) is 0.913. The first-order valence-corrected chi connectivity index (χ1v) is 7.75. The maximum Gasteiger partial charge on any atom is 0.250 e. The van der Waals surface area contributed by atoms with Gasteiger partial charge in [-0.25, -0.2) is 0 Å². The lowest BCUT2D eigenvalue weighted by Gasteiger charge is -2.29. The van der Waals surface area contributed by atoms with Gasteiger partial charge in [0.25, 0.3) is 0 Å². The van der Waals surface area contributed by atoms with Gasteiger partial charge in [0.05, 0.1) is 12.2 Å². The van der Waals surface area contributed by atoms with Crippen molar-refractivity contribution in [2.75, 3.05) is 25.1 Å². The zero-order valence-electron chi connectivity index (χ0n) is 13.2. The van der Waals surface area contributed by atoms with Crippen LogP contribution in [0.15, 0.2) is 54.6 Å². The molecule has 3 aromatic rings. The third kappa shape index (κ3) is 2.76. The Morgan fingerprint density at radius 3 is 2.67 bits per heavy atom. The van der Waals surface area contributed by atoms with Gasteiger partial charge in [-0.15, -0.1) is 0 Å². The normalized spacial score (nSPS) is 16.0. The number of para-hydroxylation sites is 3. The van der Waals surface area contributed by atoms with Gasteiger partial charge in [-0.05, 0) is 34.7 Å².